The Morgan fingerprint density at radius 2 is 2.13 bits per heavy atom. The summed E-state index contributed by atoms with van der Waals surface area (Å²) in [6.45, 7) is 2.35. The summed E-state index contributed by atoms with van der Waals surface area (Å²) in [7, 11) is -2.12. The molecule has 0 fully saturated rings. The van der Waals surface area contributed by atoms with E-state index in [0.717, 1.165) is 5.56 Å². The van der Waals surface area contributed by atoms with Gasteiger partial charge in [-0.25, -0.2) is 18.4 Å². The number of hydrogen-bond donors (Lipinski definition) is 1. The monoisotopic (exact) mass is 334 g/mol. The van der Waals surface area contributed by atoms with E-state index in [9.17, 15) is 8.42 Å². The Kier molecular flexibility index (Phi) is 3.95. The molecule has 23 heavy (non-hydrogen) atoms. The Balaban J connectivity index is 1.98. The average molecular weight is 334 g/mol. The van der Waals surface area contributed by atoms with Gasteiger partial charge < -0.3 is 10.5 Å². The molecule has 0 radical (unpaired) electrons. The molecule has 0 unspecified atom stereocenters. The van der Waals surface area contributed by atoms with E-state index in [1.54, 1.807) is 31.3 Å². The van der Waals surface area contributed by atoms with Gasteiger partial charge in [0.05, 0.1) is 24.2 Å². The highest BCUT2D eigenvalue weighted by atomic mass is 32.2. The fourth-order valence-corrected chi connectivity index (χ4v) is 4.27. The van der Waals surface area contributed by atoms with Gasteiger partial charge in [0.2, 0.25) is 16.0 Å². The number of ether oxygens (including phenoxy) is 1. The smallest absolute Gasteiger partial charge is 0.243 e. The van der Waals surface area contributed by atoms with E-state index in [-0.39, 0.29) is 17.4 Å². The van der Waals surface area contributed by atoms with Crippen LogP contribution in [0.15, 0.2) is 29.3 Å². The summed E-state index contributed by atoms with van der Waals surface area (Å²) in [5, 5.41) is 0. The number of nitrogens with zero attached hydrogens (tertiary/aromatic N) is 3. The van der Waals surface area contributed by atoms with Gasteiger partial charge in [0.15, 0.2) is 0 Å². The lowest BCUT2D eigenvalue weighted by Crippen LogP contribution is -2.37. The number of hydrogen-bond acceptors (Lipinski definition) is 6. The Bertz CT molecular complexity index is 852. The highest BCUT2D eigenvalue weighted by Gasteiger charge is 2.30. The largest absolute Gasteiger partial charge is 0.497 e. The molecule has 2 aromatic rings. The van der Waals surface area contributed by atoms with E-state index in [2.05, 4.69) is 9.97 Å². The maximum absolute atomic E-state index is 13.0. The summed E-state index contributed by atoms with van der Waals surface area (Å²) >= 11 is 0. The van der Waals surface area contributed by atoms with Gasteiger partial charge in [-0.15, -0.1) is 0 Å². The first kappa shape index (κ1) is 15.7. The molecule has 2 heterocycles. The van der Waals surface area contributed by atoms with Gasteiger partial charge in [-0.1, -0.05) is 6.07 Å². The van der Waals surface area contributed by atoms with Crippen LogP contribution in [0.4, 0.5) is 5.95 Å². The van der Waals surface area contributed by atoms with Crippen LogP contribution in [0.5, 0.6) is 5.75 Å². The number of anilines is 1. The van der Waals surface area contributed by atoms with Crippen molar-refractivity contribution in [3.8, 4) is 5.75 Å². The SMILES string of the molecule is COc1ccc(C)c(S(=O)(=O)N2CCc3cnc(N)nc3C2)c1. The molecule has 0 atom stereocenters. The first-order valence-electron chi connectivity index (χ1n) is 7.17. The molecule has 1 aromatic heterocycles. The van der Waals surface area contributed by atoms with Crippen molar-refractivity contribution in [1.82, 2.24) is 14.3 Å². The summed E-state index contributed by atoms with van der Waals surface area (Å²) in [4.78, 5) is 8.37. The topological polar surface area (TPSA) is 98.4 Å². The van der Waals surface area contributed by atoms with Crippen LogP contribution in [0.1, 0.15) is 16.8 Å². The van der Waals surface area contributed by atoms with Gasteiger partial charge in [-0.3, -0.25) is 0 Å². The van der Waals surface area contributed by atoms with Crippen molar-refractivity contribution in [2.24, 2.45) is 0 Å². The van der Waals surface area contributed by atoms with Crippen LogP contribution in [0.25, 0.3) is 0 Å². The molecule has 0 bridgehead atoms. The molecule has 0 saturated carbocycles. The van der Waals surface area contributed by atoms with Crippen molar-refractivity contribution >= 4 is 16.0 Å². The van der Waals surface area contributed by atoms with Crippen LogP contribution >= 0.6 is 0 Å². The summed E-state index contributed by atoms with van der Waals surface area (Å²) < 4.78 is 32.5. The maximum Gasteiger partial charge on any atom is 0.243 e. The average Bonchev–Trinajstić information content (AvgIpc) is 2.54. The van der Waals surface area contributed by atoms with Crippen LogP contribution in [0.3, 0.4) is 0 Å². The molecule has 0 spiro atoms. The molecule has 0 aliphatic carbocycles. The molecular formula is C15H18N4O3S. The van der Waals surface area contributed by atoms with Crippen LogP contribution in [0, 0.1) is 6.92 Å². The third kappa shape index (κ3) is 2.87. The third-order valence-electron chi connectivity index (χ3n) is 3.94. The number of benzene rings is 1. The summed E-state index contributed by atoms with van der Waals surface area (Å²) in [6, 6.07) is 5.03. The molecule has 7 nitrogen and oxygen atoms in total. The van der Waals surface area contributed by atoms with E-state index in [1.165, 1.54) is 11.4 Å². The van der Waals surface area contributed by atoms with Gasteiger partial charge in [0, 0.05) is 18.8 Å². The van der Waals surface area contributed by atoms with Gasteiger partial charge in [-0.05, 0) is 30.5 Å². The molecule has 122 valence electrons. The second kappa shape index (κ2) is 5.78. The molecule has 0 amide bonds. The molecule has 1 aliphatic rings. The lowest BCUT2D eigenvalue weighted by Gasteiger charge is -2.27. The molecule has 3 rings (SSSR count). The predicted molar refractivity (Wildman–Crippen MR) is 85.5 cm³/mol. The van der Waals surface area contributed by atoms with E-state index in [0.29, 0.717) is 30.0 Å². The third-order valence-corrected chi connectivity index (χ3v) is 5.93. The zero-order valence-electron chi connectivity index (χ0n) is 13.0. The number of rotatable bonds is 3. The highest BCUT2D eigenvalue weighted by molar-refractivity contribution is 7.89. The number of nitrogens with two attached hydrogens (primary N) is 1. The first-order valence-corrected chi connectivity index (χ1v) is 8.61. The van der Waals surface area contributed by atoms with E-state index < -0.39 is 10.0 Å². The number of aromatic nitrogens is 2. The van der Waals surface area contributed by atoms with Crippen LogP contribution in [-0.2, 0) is 23.0 Å². The fraction of sp³-hybridized carbons (Fsp3) is 0.333. The lowest BCUT2D eigenvalue weighted by atomic mass is 10.1. The van der Waals surface area contributed by atoms with E-state index in [1.807, 2.05) is 0 Å². The molecule has 1 aliphatic heterocycles. The molecular weight excluding hydrogens is 316 g/mol. The minimum atomic E-state index is -3.63. The summed E-state index contributed by atoms with van der Waals surface area (Å²) in [5.74, 6) is 0.665. The normalized spacial score (nSPS) is 15.2. The zero-order chi connectivity index (χ0) is 16.6. The van der Waals surface area contributed by atoms with Crippen molar-refractivity contribution in [2.45, 2.75) is 24.8 Å². The van der Waals surface area contributed by atoms with Gasteiger partial charge in [0.25, 0.3) is 0 Å². The van der Waals surface area contributed by atoms with Crippen molar-refractivity contribution < 1.29 is 13.2 Å². The molecule has 1 aromatic carbocycles. The molecule has 0 saturated heterocycles. The van der Waals surface area contributed by atoms with Crippen LogP contribution in [0.2, 0.25) is 0 Å². The maximum atomic E-state index is 13.0. The Morgan fingerprint density at radius 1 is 1.35 bits per heavy atom. The molecule has 8 heteroatoms. The second-order valence-corrected chi connectivity index (χ2v) is 7.33. The van der Waals surface area contributed by atoms with Crippen molar-refractivity contribution in [3.05, 3.63) is 41.2 Å². The number of nitrogen functional groups attached to an aromatic ring is 1. The van der Waals surface area contributed by atoms with Gasteiger partial charge in [0.1, 0.15) is 5.75 Å². The number of methoxy groups -OCH3 is 1. The zero-order valence-corrected chi connectivity index (χ0v) is 13.8. The second-order valence-electron chi connectivity index (χ2n) is 5.42. The van der Waals surface area contributed by atoms with Crippen LogP contribution in [-0.4, -0.2) is 36.3 Å². The van der Waals surface area contributed by atoms with E-state index in [4.69, 9.17) is 10.5 Å². The highest BCUT2D eigenvalue weighted by Crippen LogP contribution is 2.28. The minimum absolute atomic E-state index is 0.153. The Hall–Kier alpha value is -2.19. The van der Waals surface area contributed by atoms with Gasteiger partial charge >= 0.3 is 0 Å². The Morgan fingerprint density at radius 3 is 2.87 bits per heavy atom. The van der Waals surface area contributed by atoms with Crippen molar-refractivity contribution in [2.75, 3.05) is 19.4 Å². The fourth-order valence-electron chi connectivity index (χ4n) is 2.62. The number of aryl methyl sites for hydroxylation is 1. The minimum Gasteiger partial charge on any atom is -0.497 e. The first-order chi connectivity index (χ1) is 10.9. The Labute approximate surface area is 135 Å². The summed E-state index contributed by atoms with van der Waals surface area (Å²) in [6.07, 6.45) is 2.23. The quantitative estimate of drug-likeness (QED) is 0.903. The van der Waals surface area contributed by atoms with Gasteiger partial charge in [-0.2, -0.15) is 4.31 Å². The standard InChI is InChI=1S/C15H18N4O3S/c1-10-3-4-12(22-2)7-14(10)23(20,21)19-6-5-11-8-17-15(16)18-13(11)9-19/h3-4,7-8H,5-6,9H2,1-2H3,(H2,16,17,18). The number of fused-ring (bicyclic) bond motifs is 1. The van der Waals surface area contributed by atoms with Crippen molar-refractivity contribution in [1.29, 1.82) is 0 Å². The van der Waals surface area contributed by atoms with Crippen molar-refractivity contribution in [3.63, 3.8) is 0 Å². The van der Waals surface area contributed by atoms with Crippen LogP contribution < -0.4 is 10.5 Å². The number of sulfonamides is 1. The predicted octanol–water partition coefficient (Wildman–Crippen LogP) is 1.12. The lowest BCUT2D eigenvalue weighted by molar-refractivity contribution is 0.383. The molecule has 2 N–H and O–H groups in total. The van der Waals surface area contributed by atoms with E-state index >= 15 is 0 Å². The summed E-state index contributed by atoms with van der Waals surface area (Å²) in [5.41, 5.74) is 7.88.